The average Bonchev–Trinajstić information content (AvgIpc) is 3.43. The molecular weight excluding hydrogens is 657 g/mol. The Morgan fingerprint density at radius 2 is 1.71 bits per heavy atom. The van der Waals surface area contributed by atoms with Gasteiger partial charge in [-0.1, -0.05) is 18.2 Å². The number of nitrogens with one attached hydrogen (secondary N) is 2. The third kappa shape index (κ3) is 9.62. The first-order valence-corrected chi connectivity index (χ1v) is 19.2. The largest absolute Gasteiger partial charge is 0.353 e. The van der Waals surface area contributed by atoms with Crippen LogP contribution in [0.4, 0.5) is 0 Å². The summed E-state index contributed by atoms with van der Waals surface area (Å²) < 4.78 is 23.8. The van der Waals surface area contributed by atoms with Crippen LogP contribution >= 0.6 is 11.3 Å². The van der Waals surface area contributed by atoms with Gasteiger partial charge in [-0.2, -0.15) is 0 Å². The van der Waals surface area contributed by atoms with Crippen molar-refractivity contribution in [3.63, 3.8) is 0 Å². The van der Waals surface area contributed by atoms with Crippen molar-refractivity contribution in [1.82, 2.24) is 30.3 Å². The monoisotopic (exact) mass is 700 g/mol. The highest BCUT2D eigenvalue weighted by Crippen LogP contribution is 2.33. The summed E-state index contributed by atoms with van der Waals surface area (Å²) in [6.07, 6.45) is 3.04. The van der Waals surface area contributed by atoms with Crippen molar-refractivity contribution in [1.29, 1.82) is 0 Å². The maximum Gasteiger partial charge on any atom is 0.251 e. The topological polar surface area (TPSA) is 166 Å². The minimum absolute atomic E-state index is 0.0430. The zero-order valence-electron chi connectivity index (χ0n) is 27.3. The van der Waals surface area contributed by atoms with Crippen LogP contribution in [-0.4, -0.2) is 121 Å². The van der Waals surface area contributed by atoms with Crippen LogP contribution in [0.3, 0.4) is 0 Å². The molecule has 0 spiro atoms. The number of benzene rings is 1. The number of aromatic nitrogens is 1. The van der Waals surface area contributed by atoms with E-state index in [1.807, 2.05) is 13.0 Å². The summed E-state index contributed by atoms with van der Waals surface area (Å²) >= 11 is 1.59. The van der Waals surface area contributed by atoms with Crippen molar-refractivity contribution in [2.75, 3.05) is 57.3 Å². The molecular formula is C33H44N6O7S2. The molecule has 1 atom stereocenters. The number of nitrogens with zero attached hydrogens (tertiary/aromatic N) is 4. The number of aryl methyl sites for hydroxylation is 1. The normalized spacial score (nSPS) is 22.0. The molecule has 5 amide bonds. The molecule has 4 aliphatic rings. The van der Waals surface area contributed by atoms with Crippen LogP contribution in [0.15, 0.2) is 30.3 Å². The predicted octanol–water partition coefficient (Wildman–Crippen LogP) is 1.27. The number of piperidine rings is 1. The Hall–Kier alpha value is -3.85. The molecule has 4 bridgehead atoms. The number of sulfone groups is 1. The molecule has 4 aliphatic heterocycles. The fraction of sp³-hybridized carbons (Fsp3) is 0.576. The summed E-state index contributed by atoms with van der Waals surface area (Å²) in [7, 11) is -3.21. The number of carbonyl (C=O) groups excluding carboxylic acids is 5. The fourth-order valence-electron chi connectivity index (χ4n) is 6.29. The number of hydrogen-bond acceptors (Lipinski definition) is 9. The van der Waals surface area contributed by atoms with E-state index >= 15 is 0 Å². The van der Waals surface area contributed by atoms with Gasteiger partial charge in [0.2, 0.25) is 23.6 Å². The molecule has 2 N–H and O–H groups in total. The van der Waals surface area contributed by atoms with Crippen molar-refractivity contribution in [3.05, 3.63) is 51.5 Å². The number of unbranched alkanes of at least 4 members (excludes halogenated alkanes) is 1. The lowest BCUT2D eigenvalue weighted by atomic mass is 9.97. The molecule has 1 aromatic heterocycles. The average molecular weight is 701 g/mol. The summed E-state index contributed by atoms with van der Waals surface area (Å²) in [5.74, 6) is -1.66. The lowest BCUT2D eigenvalue weighted by Gasteiger charge is -2.34. The third-order valence-corrected chi connectivity index (χ3v) is 12.0. The van der Waals surface area contributed by atoms with Crippen molar-refractivity contribution < 1.29 is 32.4 Å². The van der Waals surface area contributed by atoms with Crippen LogP contribution in [-0.2, 0) is 35.4 Å². The highest BCUT2D eigenvalue weighted by atomic mass is 32.2. The van der Waals surface area contributed by atoms with Gasteiger partial charge < -0.3 is 25.3 Å². The molecule has 0 radical (unpaired) electrons. The first-order chi connectivity index (χ1) is 23.0. The standard InChI is InChI=1S/C33H44N6O7S2/c1-23-27-20-28(40)35-26(9-5-6-12-34-32(44)24-7-3-2-4-8-24)19-29(41)39(22-31(43)38-15-17-48(45,46)18-16-38)21-30(42)37-13-10-25(11-14-37)33(36-27)47-23/h2-4,7-8,25-26H,5-6,9-22H2,1H3,(H,34,44)(H,35,40)/t26-/m0/s1. The van der Waals surface area contributed by atoms with E-state index in [1.54, 1.807) is 40.5 Å². The van der Waals surface area contributed by atoms with Gasteiger partial charge in [-0.05, 0) is 51.2 Å². The maximum absolute atomic E-state index is 13.9. The molecule has 0 saturated carbocycles. The first kappa shape index (κ1) is 35.5. The van der Waals surface area contributed by atoms with E-state index in [0.717, 1.165) is 9.88 Å². The summed E-state index contributed by atoms with van der Waals surface area (Å²) in [6, 6.07) is 8.32. The smallest absolute Gasteiger partial charge is 0.251 e. The van der Waals surface area contributed by atoms with Gasteiger partial charge in [0, 0.05) is 61.5 Å². The van der Waals surface area contributed by atoms with Crippen LogP contribution < -0.4 is 10.6 Å². The minimum Gasteiger partial charge on any atom is -0.353 e. The summed E-state index contributed by atoms with van der Waals surface area (Å²) in [6.45, 7) is 2.82. The third-order valence-electron chi connectivity index (χ3n) is 9.22. The molecule has 2 saturated heterocycles. The minimum atomic E-state index is -3.21. The summed E-state index contributed by atoms with van der Waals surface area (Å²) in [5.41, 5.74) is 1.27. The Kier molecular flexibility index (Phi) is 11.8. The van der Waals surface area contributed by atoms with Crippen molar-refractivity contribution in [2.24, 2.45) is 0 Å². The maximum atomic E-state index is 13.9. The second-order valence-corrected chi connectivity index (χ2v) is 16.3. The highest BCUT2D eigenvalue weighted by Gasteiger charge is 2.32. The van der Waals surface area contributed by atoms with E-state index in [9.17, 15) is 32.4 Å². The van der Waals surface area contributed by atoms with E-state index in [2.05, 4.69) is 10.6 Å². The van der Waals surface area contributed by atoms with E-state index in [4.69, 9.17) is 4.98 Å². The van der Waals surface area contributed by atoms with Crippen LogP contribution in [0.25, 0.3) is 0 Å². The first-order valence-electron chi connectivity index (χ1n) is 16.6. The highest BCUT2D eigenvalue weighted by molar-refractivity contribution is 7.91. The van der Waals surface area contributed by atoms with E-state index < -0.39 is 27.7 Å². The second-order valence-electron chi connectivity index (χ2n) is 12.8. The molecule has 0 aliphatic carbocycles. The molecule has 48 heavy (non-hydrogen) atoms. The van der Waals surface area contributed by atoms with Gasteiger partial charge >= 0.3 is 0 Å². The van der Waals surface area contributed by atoms with E-state index in [1.165, 1.54) is 9.80 Å². The number of carbonyl (C=O) groups is 5. The number of thiazole rings is 1. The Morgan fingerprint density at radius 3 is 2.42 bits per heavy atom. The fourth-order valence-corrected chi connectivity index (χ4v) is 8.60. The Morgan fingerprint density at radius 1 is 1.00 bits per heavy atom. The molecule has 6 rings (SSSR count). The summed E-state index contributed by atoms with van der Waals surface area (Å²) in [5, 5.41) is 6.87. The van der Waals surface area contributed by atoms with Crippen molar-refractivity contribution in [3.8, 4) is 0 Å². The Balaban J connectivity index is 1.29. The molecule has 15 heteroatoms. The zero-order valence-corrected chi connectivity index (χ0v) is 29.0. The number of hydrogen-bond donors (Lipinski definition) is 2. The molecule has 13 nitrogen and oxygen atoms in total. The van der Waals surface area contributed by atoms with Crippen LogP contribution in [0.5, 0.6) is 0 Å². The molecule has 1 aromatic carbocycles. The quantitative estimate of drug-likeness (QED) is 0.389. The SMILES string of the molecule is Cc1sc2nc1CC(=O)N[C@@H](CCCCNC(=O)c1ccccc1)CC(=O)N(CC(=O)N1CCS(=O)(=O)CC1)CC(=O)N1CCC2CC1. The molecule has 5 heterocycles. The van der Waals surface area contributed by atoms with Crippen LogP contribution in [0.1, 0.15) is 70.4 Å². The van der Waals surface area contributed by atoms with Crippen LogP contribution in [0, 0.1) is 6.92 Å². The van der Waals surface area contributed by atoms with Gasteiger partial charge in [-0.15, -0.1) is 11.3 Å². The van der Waals surface area contributed by atoms with Crippen LogP contribution in [0.2, 0.25) is 0 Å². The van der Waals surface area contributed by atoms with Gasteiger partial charge in [0.25, 0.3) is 5.91 Å². The summed E-state index contributed by atoms with van der Waals surface area (Å²) in [4.78, 5) is 76.5. The van der Waals surface area contributed by atoms with Crippen molar-refractivity contribution in [2.45, 2.75) is 63.8 Å². The number of amides is 5. The Labute approximate surface area is 285 Å². The van der Waals surface area contributed by atoms with Gasteiger partial charge in [0.15, 0.2) is 9.84 Å². The van der Waals surface area contributed by atoms with Crippen molar-refractivity contribution >= 4 is 50.7 Å². The van der Waals surface area contributed by atoms with Gasteiger partial charge in [-0.25, -0.2) is 13.4 Å². The zero-order chi connectivity index (χ0) is 34.3. The molecule has 260 valence electrons. The van der Waals surface area contributed by atoms with Gasteiger partial charge in [0.1, 0.15) is 13.1 Å². The molecule has 0 unspecified atom stereocenters. The predicted molar refractivity (Wildman–Crippen MR) is 180 cm³/mol. The number of rotatable bonds is 8. The molecule has 2 fully saturated rings. The van der Waals surface area contributed by atoms with Gasteiger partial charge in [-0.3, -0.25) is 24.0 Å². The van der Waals surface area contributed by atoms with Gasteiger partial charge in [0.05, 0.1) is 28.6 Å². The lowest BCUT2D eigenvalue weighted by molar-refractivity contribution is -0.145. The molecule has 2 aromatic rings. The van der Waals surface area contributed by atoms with E-state index in [-0.39, 0.29) is 74.2 Å². The van der Waals surface area contributed by atoms with E-state index in [0.29, 0.717) is 63.0 Å². The Bertz CT molecular complexity index is 1590. The second kappa shape index (κ2) is 16.0. The lowest BCUT2D eigenvalue weighted by Crippen LogP contribution is -2.52. The number of fused-ring (bicyclic) bond motifs is 10.